The van der Waals surface area contributed by atoms with E-state index in [4.69, 9.17) is 10.5 Å². The lowest BCUT2D eigenvalue weighted by Crippen LogP contribution is -2.24. The molecular weight excluding hydrogens is 194 g/mol. The second kappa shape index (κ2) is 4.55. The van der Waals surface area contributed by atoms with Gasteiger partial charge in [0.25, 0.3) is 0 Å². The molecule has 5 nitrogen and oxygen atoms in total. The Bertz CT molecular complexity index is 400. The molecule has 3 N–H and O–H groups in total. The largest absolute Gasteiger partial charge is 0.376 e. The van der Waals surface area contributed by atoms with Gasteiger partial charge >= 0.3 is 5.69 Å². The summed E-state index contributed by atoms with van der Waals surface area (Å²) in [4.78, 5) is 18.0. The number of aromatic nitrogens is 2. The third kappa shape index (κ3) is 2.24. The van der Waals surface area contributed by atoms with E-state index in [-0.39, 0.29) is 5.69 Å². The minimum atomic E-state index is -0.261. The van der Waals surface area contributed by atoms with Gasteiger partial charge in [0.05, 0.1) is 18.9 Å². The molecule has 0 atom stereocenters. The van der Waals surface area contributed by atoms with Crippen molar-refractivity contribution < 1.29 is 4.74 Å². The van der Waals surface area contributed by atoms with Gasteiger partial charge in [-0.3, -0.25) is 0 Å². The molecule has 0 radical (unpaired) electrons. The summed E-state index contributed by atoms with van der Waals surface area (Å²) in [5, 5.41) is 0. The van der Waals surface area contributed by atoms with Crippen LogP contribution in [-0.2, 0) is 24.2 Å². The molecule has 1 aliphatic rings. The quantitative estimate of drug-likeness (QED) is 0.718. The molecular formula is C10H15N3O2. The number of H-pyrrole nitrogens is 1. The first kappa shape index (κ1) is 10.3. The van der Waals surface area contributed by atoms with E-state index in [1.807, 2.05) is 0 Å². The Morgan fingerprint density at radius 1 is 1.53 bits per heavy atom. The Kier molecular flexibility index (Phi) is 3.13. The summed E-state index contributed by atoms with van der Waals surface area (Å²) in [6.07, 6.45) is 2.37. The maximum absolute atomic E-state index is 11.3. The third-order valence-electron chi connectivity index (χ3n) is 2.57. The lowest BCUT2D eigenvalue weighted by Gasteiger charge is -2.18. The fourth-order valence-electron chi connectivity index (χ4n) is 1.81. The molecule has 1 aromatic heterocycles. The predicted octanol–water partition coefficient (Wildman–Crippen LogP) is -0.266. The van der Waals surface area contributed by atoms with Gasteiger partial charge in [-0.2, -0.15) is 4.98 Å². The molecule has 0 spiro atoms. The number of aromatic amines is 1. The van der Waals surface area contributed by atoms with Gasteiger partial charge in [0.2, 0.25) is 0 Å². The van der Waals surface area contributed by atoms with Crippen LogP contribution in [0.1, 0.15) is 23.4 Å². The van der Waals surface area contributed by atoms with Gasteiger partial charge in [0.15, 0.2) is 0 Å². The molecule has 0 fully saturated rings. The summed E-state index contributed by atoms with van der Waals surface area (Å²) in [6.45, 7) is 1.84. The molecule has 1 aromatic rings. The van der Waals surface area contributed by atoms with E-state index in [1.54, 1.807) is 0 Å². The van der Waals surface area contributed by atoms with Gasteiger partial charge < -0.3 is 15.5 Å². The summed E-state index contributed by atoms with van der Waals surface area (Å²) >= 11 is 0. The first-order valence-electron chi connectivity index (χ1n) is 5.20. The zero-order chi connectivity index (χ0) is 10.7. The minimum absolute atomic E-state index is 0.261. The average Bonchev–Trinajstić information content (AvgIpc) is 2.25. The molecule has 0 amide bonds. The van der Waals surface area contributed by atoms with Crippen LogP contribution in [0.5, 0.6) is 0 Å². The summed E-state index contributed by atoms with van der Waals surface area (Å²) in [6, 6.07) is 0. The fourth-order valence-corrected chi connectivity index (χ4v) is 1.81. The zero-order valence-electron chi connectivity index (χ0n) is 8.58. The van der Waals surface area contributed by atoms with Crippen LogP contribution in [0, 0.1) is 0 Å². The molecule has 0 saturated heterocycles. The zero-order valence-corrected chi connectivity index (χ0v) is 8.58. The van der Waals surface area contributed by atoms with Crippen LogP contribution in [0.4, 0.5) is 0 Å². The minimum Gasteiger partial charge on any atom is -0.376 e. The number of ether oxygens (including phenoxy) is 1. The Hall–Kier alpha value is -1.20. The monoisotopic (exact) mass is 209 g/mol. The summed E-state index contributed by atoms with van der Waals surface area (Å²) in [7, 11) is 0. The number of hydrogen-bond acceptors (Lipinski definition) is 4. The first-order chi connectivity index (χ1) is 7.31. The molecule has 0 bridgehead atoms. The maximum atomic E-state index is 11.3. The number of rotatable bonds is 3. The fraction of sp³-hybridized carbons (Fsp3) is 0.600. The molecule has 0 aliphatic carbocycles. The normalized spacial score (nSPS) is 15.0. The second-order valence-electron chi connectivity index (χ2n) is 3.64. The van der Waals surface area contributed by atoms with Gasteiger partial charge in [-0.05, 0) is 19.4 Å². The van der Waals surface area contributed by atoms with E-state index in [2.05, 4.69) is 9.97 Å². The lowest BCUT2D eigenvalue weighted by atomic mass is 10.0. The molecule has 5 heteroatoms. The molecule has 0 unspecified atom stereocenters. The summed E-state index contributed by atoms with van der Waals surface area (Å²) in [5.74, 6) is 0. The van der Waals surface area contributed by atoms with Gasteiger partial charge in [-0.25, -0.2) is 4.79 Å². The van der Waals surface area contributed by atoms with Crippen molar-refractivity contribution in [1.29, 1.82) is 0 Å². The first-order valence-corrected chi connectivity index (χ1v) is 5.20. The Morgan fingerprint density at radius 2 is 2.40 bits per heavy atom. The SMILES string of the molecule is NCCCc1nc(=O)[nH]c2c1COCC2. The van der Waals surface area contributed by atoms with Crippen LogP contribution in [-0.4, -0.2) is 23.1 Å². The Balaban J connectivity index is 2.34. The number of hydrogen-bond donors (Lipinski definition) is 2. The van der Waals surface area contributed by atoms with Crippen LogP contribution in [0.15, 0.2) is 4.79 Å². The molecule has 2 rings (SSSR count). The van der Waals surface area contributed by atoms with Crippen molar-refractivity contribution in [2.24, 2.45) is 5.73 Å². The predicted molar refractivity (Wildman–Crippen MR) is 55.6 cm³/mol. The van der Waals surface area contributed by atoms with Crippen LogP contribution in [0.2, 0.25) is 0 Å². The van der Waals surface area contributed by atoms with Crippen LogP contribution < -0.4 is 11.4 Å². The van der Waals surface area contributed by atoms with Crippen molar-refractivity contribution in [1.82, 2.24) is 9.97 Å². The van der Waals surface area contributed by atoms with Gasteiger partial charge in [0.1, 0.15) is 0 Å². The maximum Gasteiger partial charge on any atom is 0.345 e. The highest BCUT2D eigenvalue weighted by Gasteiger charge is 2.15. The second-order valence-corrected chi connectivity index (χ2v) is 3.64. The van der Waals surface area contributed by atoms with Crippen molar-refractivity contribution in [3.05, 3.63) is 27.4 Å². The molecule has 15 heavy (non-hydrogen) atoms. The highest BCUT2D eigenvalue weighted by Crippen LogP contribution is 2.16. The smallest absolute Gasteiger partial charge is 0.345 e. The molecule has 82 valence electrons. The average molecular weight is 209 g/mol. The van der Waals surface area contributed by atoms with E-state index < -0.39 is 0 Å². The number of aryl methyl sites for hydroxylation is 1. The van der Waals surface area contributed by atoms with Crippen molar-refractivity contribution in [3.8, 4) is 0 Å². The van der Waals surface area contributed by atoms with Gasteiger partial charge in [-0.1, -0.05) is 0 Å². The number of nitrogens with two attached hydrogens (primary N) is 1. The van der Waals surface area contributed by atoms with E-state index in [1.165, 1.54) is 0 Å². The lowest BCUT2D eigenvalue weighted by molar-refractivity contribution is 0.108. The number of fused-ring (bicyclic) bond motifs is 1. The number of nitrogens with zero attached hydrogens (tertiary/aromatic N) is 1. The molecule has 2 heterocycles. The summed E-state index contributed by atoms with van der Waals surface area (Å²) < 4.78 is 5.36. The van der Waals surface area contributed by atoms with Crippen LogP contribution >= 0.6 is 0 Å². The standard InChI is InChI=1S/C10H15N3O2/c11-4-1-2-8-7-6-15-5-3-9(7)13-10(14)12-8/h1-6,11H2,(H,12,13,14). The highest BCUT2D eigenvalue weighted by molar-refractivity contribution is 5.25. The number of nitrogens with one attached hydrogen (secondary N) is 1. The van der Waals surface area contributed by atoms with E-state index in [9.17, 15) is 4.79 Å². The topological polar surface area (TPSA) is 81.0 Å². The van der Waals surface area contributed by atoms with Crippen molar-refractivity contribution >= 4 is 0 Å². The van der Waals surface area contributed by atoms with Crippen molar-refractivity contribution in [3.63, 3.8) is 0 Å². The van der Waals surface area contributed by atoms with E-state index in [0.717, 1.165) is 36.2 Å². The van der Waals surface area contributed by atoms with E-state index in [0.29, 0.717) is 19.8 Å². The highest BCUT2D eigenvalue weighted by atomic mass is 16.5. The molecule has 0 aromatic carbocycles. The van der Waals surface area contributed by atoms with Crippen LogP contribution in [0.25, 0.3) is 0 Å². The van der Waals surface area contributed by atoms with E-state index >= 15 is 0 Å². The Morgan fingerprint density at radius 3 is 3.20 bits per heavy atom. The van der Waals surface area contributed by atoms with Crippen molar-refractivity contribution in [2.45, 2.75) is 25.9 Å². The van der Waals surface area contributed by atoms with Crippen molar-refractivity contribution in [2.75, 3.05) is 13.2 Å². The third-order valence-corrected chi connectivity index (χ3v) is 2.57. The van der Waals surface area contributed by atoms with Gasteiger partial charge in [0, 0.05) is 17.7 Å². The van der Waals surface area contributed by atoms with Gasteiger partial charge in [-0.15, -0.1) is 0 Å². The van der Waals surface area contributed by atoms with Crippen LogP contribution in [0.3, 0.4) is 0 Å². The molecule has 0 saturated carbocycles. The Labute approximate surface area is 87.7 Å². The molecule has 1 aliphatic heterocycles. The summed E-state index contributed by atoms with van der Waals surface area (Å²) in [5.41, 5.74) is 8.06.